The highest BCUT2D eigenvalue weighted by Gasteiger charge is 2.17. The molecule has 0 radical (unpaired) electrons. The van der Waals surface area contributed by atoms with Crippen molar-refractivity contribution < 1.29 is 4.79 Å². The van der Waals surface area contributed by atoms with Crippen molar-refractivity contribution in [1.82, 2.24) is 9.78 Å². The first-order valence-corrected chi connectivity index (χ1v) is 7.87. The van der Waals surface area contributed by atoms with Gasteiger partial charge in [-0.05, 0) is 32.4 Å². The summed E-state index contributed by atoms with van der Waals surface area (Å²) < 4.78 is 1.51. The van der Waals surface area contributed by atoms with E-state index in [1.165, 1.54) is 4.68 Å². The Labute approximate surface area is 128 Å². The largest absolute Gasteiger partial charge is 0.273 e. The van der Waals surface area contributed by atoms with Gasteiger partial charge in [0.15, 0.2) is 0 Å². The lowest BCUT2D eigenvalue weighted by Crippen LogP contribution is -2.14. The monoisotopic (exact) mass is 308 g/mol. The number of benzene rings is 1. The van der Waals surface area contributed by atoms with Gasteiger partial charge in [0.1, 0.15) is 0 Å². The number of alkyl halides is 1. The van der Waals surface area contributed by atoms with Gasteiger partial charge in [0.25, 0.3) is 0 Å². The quantitative estimate of drug-likeness (QED) is 0.772. The highest BCUT2D eigenvalue weighted by molar-refractivity contribution is 7.99. The summed E-state index contributed by atoms with van der Waals surface area (Å²) in [6, 6.07) is 10.1. The first kappa shape index (κ1) is 15.1. The van der Waals surface area contributed by atoms with Gasteiger partial charge in [0, 0.05) is 17.2 Å². The van der Waals surface area contributed by atoms with Crippen LogP contribution in [0.5, 0.6) is 0 Å². The Bertz CT molecular complexity index is 595. The molecule has 0 fully saturated rings. The summed E-state index contributed by atoms with van der Waals surface area (Å²) in [6.07, 6.45) is 1.11. The molecule has 1 aromatic carbocycles. The Morgan fingerprint density at radius 1 is 1.30 bits per heavy atom. The van der Waals surface area contributed by atoms with Crippen LogP contribution >= 0.6 is 23.4 Å². The topological polar surface area (TPSA) is 34.9 Å². The van der Waals surface area contributed by atoms with Gasteiger partial charge in [0.05, 0.1) is 16.3 Å². The van der Waals surface area contributed by atoms with E-state index < -0.39 is 0 Å². The molecule has 106 valence electrons. The van der Waals surface area contributed by atoms with Crippen LogP contribution < -0.4 is 0 Å². The average molecular weight is 309 g/mol. The second-order valence-corrected chi connectivity index (χ2v) is 5.97. The minimum atomic E-state index is 0.00571. The zero-order valence-corrected chi connectivity index (χ0v) is 13.2. The van der Waals surface area contributed by atoms with Crippen LogP contribution in [0.2, 0.25) is 0 Å². The molecule has 0 saturated heterocycles. The molecule has 3 nitrogen and oxygen atoms in total. The van der Waals surface area contributed by atoms with E-state index in [0.29, 0.717) is 18.7 Å². The maximum atomic E-state index is 12.1. The lowest BCUT2D eigenvalue weighted by molar-refractivity contribution is 0.0883. The Kier molecular flexibility index (Phi) is 5.26. The van der Waals surface area contributed by atoms with Crippen LogP contribution in [0, 0.1) is 13.8 Å². The number of carbonyl (C=O) groups is 1. The normalized spacial score (nSPS) is 10.8. The fourth-order valence-corrected chi connectivity index (χ4v) is 3.03. The van der Waals surface area contributed by atoms with Gasteiger partial charge in [-0.25, -0.2) is 4.68 Å². The van der Waals surface area contributed by atoms with E-state index in [4.69, 9.17) is 11.6 Å². The van der Waals surface area contributed by atoms with Crippen molar-refractivity contribution in [3.8, 4) is 0 Å². The number of aryl methyl sites for hydroxylation is 1. The molecule has 2 rings (SSSR count). The van der Waals surface area contributed by atoms with Crippen LogP contribution in [0.4, 0.5) is 0 Å². The molecule has 2 aromatic rings. The second-order valence-electron chi connectivity index (χ2n) is 4.51. The van der Waals surface area contributed by atoms with E-state index in [1.54, 1.807) is 11.8 Å². The van der Waals surface area contributed by atoms with Gasteiger partial charge in [0.2, 0.25) is 5.91 Å². The van der Waals surface area contributed by atoms with E-state index >= 15 is 0 Å². The van der Waals surface area contributed by atoms with Crippen LogP contribution in [0.15, 0.2) is 40.1 Å². The molecule has 1 aromatic heterocycles. The smallest absolute Gasteiger partial charge is 0.247 e. The second kappa shape index (κ2) is 6.95. The lowest BCUT2D eigenvalue weighted by Gasteiger charge is -2.04. The molecule has 0 saturated carbocycles. The molecule has 0 amide bonds. The van der Waals surface area contributed by atoms with Crippen LogP contribution in [-0.4, -0.2) is 21.6 Å². The number of carbonyl (C=O) groups excluding carboxylic acids is 1. The molecule has 20 heavy (non-hydrogen) atoms. The number of hydrogen-bond donors (Lipinski definition) is 0. The van der Waals surface area contributed by atoms with E-state index in [2.05, 4.69) is 17.2 Å². The minimum Gasteiger partial charge on any atom is -0.273 e. The highest BCUT2D eigenvalue weighted by atomic mass is 35.5. The molecule has 0 spiro atoms. The van der Waals surface area contributed by atoms with Crippen molar-refractivity contribution in [3.05, 3.63) is 41.7 Å². The van der Waals surface area contributed by atoms with Gasteiger partial charge in [-0.2, -0.15) is 5.10 Å². The maximum absolute atomic E-state index is 12.1. The number of hydrogen-bond acceptors (Lipinski definition) is 3. The fourth-order valence-electron chi connectivity index (χ4n) is 1.95. The van der Waals surface area contributed by atoms with Crippen LogP contribution in [0.25, 0.3) is 0 Å². The van der Waals surface area contributed by atoms with Crippen molar-refractivity contribution in [2.24, 2.45) is 0 Å². The number of halogens is 1. The minimum absolute atomic E-state index is 0.00571. The third-order valence-electron chi connectivity index (χ3n) is 2.95. The zero-order valence-electron chi connectivity index (χ0n) is 11.6. The standard InChI is InChI=1S/C15H17ClN2OS/c1-11-15(20-13-7-4-3-5-8-13)12(2)18(17-11)14(19)9-6-10-16/h3-5,7-8H,6,9-10H2,1-2H3. The maximum Gasteiger partial charge on any atom is 0.247 e. The summed E-state index contributed by atoms with van der Waals surface area (Å²) >= 11 is 7.27. The molecule has 1 heterocycles. The van der Waals surface area contributed by atoms with Gasteiger partial charge in [-0.1, -0.05) is 30.0 Å². The molecule has 0 bridgehead atoms. The number of rotatable bonds is 5. The molecular formula is C15H17ClN2OS. The lowest BCUT2D eigenvalue weighted by atomic mass is 10.3. The third kappa shape index (κ3) is 3.44. The number of nitrogens with zero attached hydrogens (tertiary/aromatic N) is 2. The van der Waals surface area contributed by atoms with Crippen LogP contribution in [0.1, 0.15) is 29.0 Å². The van der Waals surface area contributed by atoms with Crippen LogP contribution in [0.3, 0.4) is 0 Å². The highest BCUT2D eigenvalue weighted by Crippen LogP contribution is 2.32. The van der Waals surface area contributed by atoms with E-state index in [-0.39, 0.29) is 5.91 Å². The predicted octanol–water partition coefficient (Wildman–Crippen LogP) is 4.31. The Balaban J connectivity index is 2.23. The van der Waals surface area contributed by atoms with E-state index in [9.17, 15) is 4.79 Å². The Hall–Kier alpha value is -1.26. The first-order chi connectivity index (χ1) is 9.63. The summed E-state index contributed by atoms with van der Waals surface area (Å²) in [5, 5.41) is 4.36. The summed E-state index contributed by atoms with van der Waals surface area (Å²) in [6.45, 7) is 3.87. The summed E-state index contributed by atoms with van der Waals surface area (Å²) in [5.74, 6) is 0.502. The van der Waals surface area contributed by atoms with Crippen molar-refractivity contribution in [1.29, 1.82) is 0 Å². The summed E-state index contributed by atoms with van der Waals surface area (Å²) in [4.78, 5) is 14.3. The Morgan fingerprint density at radius 2 is 2.00 bits per heavy atom. The van der Waals surface area contributed by atoms with Gasteiger partial charge >= 0.3 is 0 Å². The molecular weight excluding hydrogens is 292 g/mol. The number of aromatic nitrogens is 2. The van der Waals surface area contributed by atoms with Gasteiger partial charge in [-0.15, -0.1) is 11.6 Å². The fraction of sp³-hybridized carbons (Fsp3) is 0.333. The molecule has 0 N–H and O–H groups in total. The molecule has 0 aliphatic rings. The SMILES string of the molecule is Cc1nn(C(=O)CCCCl)c(C)c1Sc1ccccc1. The molecule has 5 heteroatoms. The third-order valence-corrected chi connectivity index (χ3v) is 4.52. The average Bonchev–Trinajstić information content (AvgIpc) is 2.74. The van der Waals surface area contributed by atoms with E-state index in [0.717, 1.165) is 21.2 Å². The molecule has 0 atom stereocenters. The first-order valence-electron chi connectivity index (χ1n) is 6.51. The van der Waals surface area contributed by atoms with E-state index in [1.807, 2.05) is 32.0 Å². The predicted molar refractivity (Wildman–Crippen MR) is 82.8 cm³/mol. The summed E-state index contributed by atoms with van der Waals surface area (Å²) in [7, 11) is 0. The van der Waals surface area contributed by atoms with Crippen molar-refractivity contribution in [3.63, 3.8) is 0 Å². The molecule has 0 aliphatic carbocycles. The Morgan fingerprint density at radius 3 is 2.65 bits per heavy atom. The summed E-state index contributed by atoms with van der Waals surface area (Å²) in [5.41, 5.74) is 1.78. The molecule has 0 unspecified atom stereocenters. The van der Waals surface area contributed by atoms with Crippen molar-refractivity contribution >= 4 is 29.3 Å². The van der Waals surface area contributed by atoms with Gasteiger partial charge < -0.3 is 0 Å². The van der Waals surface area contributed by atoms with Gasteiger partial charge in [-0.3, -0.25) is 4.79 Å². The zero-order chi connectivity index (χ0) is 14.5. The van der Waals surface area contributed by atoms with Crippen molar-refractivity contribution in [2.75, 3.05) is 5.88 Å². The van der Waals surface area contributed by atoms with Crippen LogP contribution in [-0.2, 0) is 0 Å². The van der Waals surface area contributed by atoms with Crippen molar-refractivity contribution in [2.45, 2.75) is 36.5 Å². The molecule has 0 aliphatic heterocycles.